The molecule has 1 aromatic carbocycles. The molecule has 28 heavy (non-hydrogen) atoms. The number of rotatable bonds is 7. The van der Waals surface area contributed by atoms with E-state index < -0.39 is 5.97 Å². The van der Waals surface area contributed by atoms with Crippen LogP contribution in [0.4, 0.5) is 5.69 Å². The van der Waals surface area contributed by atoms with Crippen molar-refractivity contribution in [2.45, 2.75) is 13.5 Å². The number of hydrogen-bond acceptors (Lipinski definition) is 6. The Bertz CT molecular complexity index is 948. The molecule has 0 saturated carbocycles. The number of nitrogens with two attached hydrogens (primary N) is 1. The maximum atomic E-state index is 12.2. The predicted octanol–water partition coefficient (Wildman–Crippen LogP) is 2.81. The third-order valence-corrected chi connectivity index (χ3v) is 4.34. The van der Waals surface area contributed by atoms with Crippen LogP contribution in [0.2, 0.25) is 0 Å². The van der Waals surface area contributed by atoms with Gasteiger partial charge < -0.3 is 15.4 Å². The number of benzene rings is 1. The average Bonchev–Trinajstić information content (AvgIpc) is 3.13. The maximum Gasteiger partial charge on any atom is 0.356 e. The van der Waals surface area contributed by atoms with Crippen molar-refractivity contribution in [2.24, 2.45) is 5.73 Å². The summed E-state index contributed by atoms with van der Waals surface area (Å²) in [5.41, 5.74) is 10.6. The lowest BCUT2D eigenvalue weighted by molar-refractivity contribution is 0.0512. The molecule has 0 aliphatic carbocycles. The quantitative estimate of drug-likeness (QED) is 0.635. The molecule has 0 atom stereocenters. The number of carbonyl (C=O) groups excluding carboxylic acids is 1. The van der Waals surface area contributed by atoms with Crippen molar-refractivity contribution < 1.29 is 9.53 Å². The zero-order valence-corrected chi connectivity index (χ0v) is 16.4. The van der Waals surface area contributed by atoms with Crippen LogP contribution >= 0.6 is 0 Å². The molecule has 3 rings (SSSR count). The van der Waals surface area contributed by atoms with Gasteiger partial charge in [0, 0.05) is 43.7 Å². The van der Waals surface area contributed by atoms with Gasteiger partial charge in [-0.3, -0.25) is 9.67 Å². The highest BCUT2D eigenvalue weighted by Gasteiger charge is 2.17. The molecule has 7 nitrogen and oxygen atoms in total. The summed E-state index contributed by atoms with van der Waals surface area (Å²) in [4.78, 5) is 18.8. The Morgan fingerprint density at radius 1 is 1.11 bits per heavy atom. The lowest BCUT2D eigenvalue weighted by atomic mass is 10.1. The molecule has 0 spiro atoms. The second-order valence-corrected chi connectivity index (χ2v) is 6.52. The fourth-order valence-corrected chi connectivity index (χ4v) is 2.90. The molecular weight excluding hydrogens is 354 g/mol. The largest absolute Gasteiger partial charge is 0.461 e. The van der Waals surface area contributed by atoms with Gasteiger partial charge in [-0.15, -0.1) is 0 Å². The van der Waals surface area contributed by atoms with Crippen LogP contribution in [-0.4, -0.2) is 48.0 Å². The van der Waals surface area contributed by atoms with Gasteiger partial charge in [0.1, 0.15) is 5.69 Å². The summed E-state index contributed by atoms with van der Waals surface area (Å²) in [5.74, 6) is -0.400. The topological polar surface area (TPSA) is 86.3 Å². The molecule has 3 aromatic rings. The number of ether oxygens (including phenoxy) is 1. The van der Waals surface area contributed by atoms with E-state index in [0.29, 0.717) is 31.1 Å². The maximum absolute atomic E-state index is 12.2. The first-order chi connectivity index (χ1) is 13.5. The molecule has 0 unspecified atom stereocenters. The number of hydrogen-bond donors (Lipinski definition) is 1. The number of pyridine rings is 1. The zero-order valence-electron chi connectivity index (χ0n) is 16.4. The number of nitrogens with zero attached hydrogens (tertiary/aromatic N) is 4. The molecule has 0 bridgehead atoms. The first kappa shape index (κ1) is 19.6. The second-order valence-electron chi connectivity index (χ2n) is 6.52. The van der Waals surface area contributed by atoms with Gasteiger partial charge in [0.2, 0.25) is 0 Å². The van der Waals surface area contributed by atoms with Crippen molar-refractivity contribution in [3.05, 3.63) is 54.4 Å². The van der Waals surface area contributed by atoms with Gasteiger partial charge in [0.05, 0.1) is 24.5 Å². The molecule has 146 valence electrons. The van der Waals surface area contributed by atoms with E-state index in [1.54, 1.807) is 23.9 Å². The molecule has 2 aromatic heterocycles. The first-order valence-corrected chi connectivity index (χ1v) is 9.22. The minimum absolute atomic E-state index is 0.310. The molecule has 0 saturated heterocycles. The number of aromatic nitrogens is 3. The summed E-state index contributed by atoms with van der Waals surface area (Å²) in [6.07, 6.45) is 1.75. The number of anilines is 1. The monoisotopic (exact) mass is 379 g/mol. The third kappa shape index (κ3) is 4.20. The second kappa shape index (κ2) is 8.67. The third-order valence-electron chi connectivity index (χ3n) is 4.34. The van der Waals surface area contributed by atoms with E-state index in [0.717, 1.165) is 22.5 Å². The van der Waals surface area contributed by atoms with Crippen molar-refractivity contribution in [3.63, 3.8) is 0 Å². The molecule has 0 fully saturated rings. The molecule has 0 radical (unpaired) electrons. The van der Waals surface area contributed by atoms with Crippen LogP contribution in [0.5, 0.6) is 0 Å². The van der Waals surface area contributed by atoms with Gasteiger partial charge in [-0.25, -0.2) is 4.79 Å². The van der Waals surface area contributed by atoms with Crippen molar-refractivity contribution >= 4 is 11.7 Å². The Morgan fingerprint density at radius 3 is 2.50 bits per heavy atom. The van der Waals surface area contributed by atoms with Crippen LogP contribution < -0.4 is 10.6 Å². The summed E-state index contributed by atoms with van der Waals surface area (Å²) < 4.78 is 6.73. The molecule has 0 amide bonds. The average molecular weight is 379 g/mol. The smallest absolute Gasteiger partial charge is 0.356 e. The Balaban J connectivity index is 1.95. The summed E-state index contributed by atoms with van der Waals surface area (Å²) in [6, 6.07) is 13.8. The fraction of sp³-hybridized carbons (Fsp3) is 0.286. The van der Waals surface area contributed by atoms with E-state index in [2.05, 4.69) is 27.1 Å². The minimum Gasteiger partial charge on any atom is -0.461 e. The van der Waals surface area contributed by atoms with Crippen LogP contribution in [0, 0.1) is 0 Å². The van der Waals surface area contributed by atoms with Crippen LogP contribution in [0.1, 0.15) is 17.4 Å². The van der Waals surface area contributed by atoms with E-state index in [-0.39, 0.29) is 0 Å². The summed E-state index contributed by atoms with van der Waals surface area (Å²) in [7, 11) is 4.01. The highest BCUT2D eigenvalue weighted by molar-refractivity contribution is 5.89. The van der Waals surface area contributed by atoms with Crippen molar-refractivity contribution in [1.82, 2.24) is 14.8 Å². The van der Waals surface area contributed by atoms with Gasteiger partial charge in [0.25, 0.3) is 0 Å². The van der Waals surface area contributed by atoms with Crippen LogP contribution in [-0.2, 0) is 11.3 Å². The van der Waals surface area contributed by atoms with E-state index >= 15 is 0 Å². The normalized spacial score (nSPS) is 10.7. The summed E-state index contributed by atoms with van der Waals surface area (Å²) >= 11 is 0. The zero-order chi connectivity index (χ0) is 20.1. The van der Waals surface area contributed by atoms with Crippen LogP contribution in [0.3, 0.4) is 0 Å². The van der Waals surface area contributed by atoms with Crippen LogP contribution in [0.25, 0.3) is 22.5 Å². The van der Waals surface area contributed by atoms with Crippen molar-refractivity contribution in [1.29, 1.82) is 0 Å². The molecule has 2 heterocycles. The minimum atomic E-state index is -0.400. The van der Waals surface area contributed by atoms with Crippen LogP contribution in [0.15, 0.2) is 48.7 Å². The van der Waals surface area contributed by atoms with Crippen molar-refractivity contribution in [3.8, 4) is 22.5 Å². The summed E-state index contributed by atoms with van der Waals surface area (Å²) in [6.45, 7) is 2.91. The van der Waals surface area contributed by atoms with Crippen molar-refractivity contribution in [2.75, 3.05) is 32.1 Å². The molecule has 2 N–H and O–H groups in total. The Labute approximate surface area is 164 Å². The molecule has 0 aliphatic heterocycles. The Morgan fingerprint density at radius 2 is 1.86 bits per heavy atom. The van der Waals surface area contributed by atoms with E-state index in [4.69, 9.17) is 10.5 Å². The van der Waals surface area contributed by atoms with E-state index in [9.17, 15) is 4.79 Å². The van der Waals surface area contributed by atoms with Gasteiger partial charge in [-0.2, -0.15) is 5.10 Å². The number of esters is 1. The Kier molecular flexibility index (Phi) is 6.06. The first-order valence-electron chi connectivity index (χ1n) is 9.22. The standard InChI is InChI=1S/C21H25N5O2/c1-4-28-21(27)20-14-19(24-26(20)12-10-22)16-9-11-23-18(13-16)15-5-7-17(8-6-15)25(2)3/h5-9,11,13-14H,4,10,12,22H2,1-3H3. The fourth-order valence-electron chi connectivity index (χ4n) is 2.90. The van der Waals surface area contributed by atoms with Gasteiger partial charge >= 0.3 is 5.97 Å². The molecule has 0 aliphatic rings. The molecular formula is C21H25N5O2. The molecule has 7 heteroatoms. The lowest BCUT2D eigenvalue weighted by Gasteiger charge is -2.12. The van der Waals surface area contributed by atoms with Gasteiger partial charge in [0.15, 0.2) is 0 Å². The van der Waals surface area contributed by atoms with E-state index in [1.807, 2.05) is 38.4 Å². The van der Waals surface area contributed by atoms with Gasteiger partial charge in [-0.1, -0.05) is 12.1 Å². The SMILES string of the molecule is CCOC(=O)c1cc(-c2ccnc(-c3ccc(N(C)C)cc3)c2)nn1CCN. The van der Waals surface area contributed by atoms with Gasteiger partial charge in [-0.05, 0) is 37.3 Å². The Hall–Kier alpha value is -3.19. The lowest BCUT2D eigenvalue weighted by Crippen LogP contribution is -2.17. The van der Waals surface area contributed by atoms with E-state index in [1.165, 1.54) is 0 Å². The number of carbonyl (C=O) groups is 1. The predicted molar refractivity (Wildman–Crippen MR) is 110 cm³/mol. The highest BCUT2D eigenvalue weighted by atomic mass is 16.5. The highest BCUT2D eigenvalue weighted by Crippen LogP contribution is 2.26. The summed E-state index contributed by atoms with van der Waals surface area (Å²) in [5, 5.41) is 4.55.